The predicted molar refractivity (Wildman–Crippen MR) is 57.5 cm³/mol. The average Bonchev–Trinajstić information content (AvgIpc) is 2.16. The van der Waals surface area contributed by atoms with Crippen LogP contribution >= 0.6 is 0 Å². The Balaban J connectivity index is 3.05. The van der Waals surface area contributed by atoms with Crippen molar-refractivity contribution in [1.82, 2.24) is 4.98 Å². The van der Waals surface area contributed by atoms with Gasteiger partial charge in [0.2, 0.25) is 0 Å². The third kappa shape index (κ3) is 2.41. The lowest BCUT2D eigenvalue weighted by atomic mass is 10.0. The molecule has 0 N–H and O–H groups in total. The van der Waals surface area contributed by atoms with Gasteiger partial charge in [0.15, 0.2) is 0 Å². The van der Waals surface area contributed by atoms with Crippen molar-refractivity contribution in [2.24, 2.45) is 0 Å². The van der Waals surface area contributed by atoms with Crippen LogP contribution in [-0.4, -0.2) is 4.98 Å². The Hall–Kier alpha value is -1.11. The van der Waals surface area contributed by atoms with Crippen LogP contribution in [0, 0.1) is 6.92 Å². The molecule has 1 aromatic rings. The summed E-state index contributed by atoms with van der Waals surface area (Å²) >= 11 is 0. The summed E-state index contributed by atoms with van der Waals surface area (Å²) in [6.45, 7) is 6.42. The van der Waals surface area contributed by atoms with E-state index in [0.29, 0.717) is 0 Å². The number of aromatic nitrogens is 1. The van der Waals surface area contributed by atoms with Gasteiger partial charge in [-0.25, -0.2) is 0 Å². The predicted octanol–water partition coefficient (Wildman–Crippen LogP) is 3.59. The summed E-state index contributed by atoms with van der Waals surface area (Å²) in [7, 11) is 0. The van der Waals surface area contributed by atoms with Crippen LogP contribution in [0.15, 0.2) is 24.4 Å². The van der Waals surface area contributed by atoms with Gasteiger partial charge in [0.05, 0.1) is 0 Å². The summed E-state index contributed by atoms with van der Waals surface area (Å²) in [4.78, 5) is 4.29. The Morgan fingerprint density at radius 1 is 1.46 bits per heavy atom. The molecule has 0 saturated carbocycles. The number of pyridine rings is 1. The second kappa shape index (κ2) is 4.80. The van der Waals surface area contributed by atoms with Gasteiger partial charge in [0, 0.05) is 11.9 Å². The van der Waals surface area contributed by atoms with Gasteiger partial charge in [0.1, 0.15) is 0 Å². The first kappa shape index (κ1) is 9.97. The molecule has 0 fully saturated rings. The van der Waals surface area contributed by atoms with Crippen molar-refractivity contribution in [1.29, 1.82) is 0 Å². The van der Waals surface area contributed by atoms with E-state index >= 15 is 0 Å². The van der Waals surface area contributed by atoms with E-state index in [4.69, 9.17) is 0 Å². The van der Waals surface area contributed by atoms with Gasteiger partial charge >= 0.3 is 0 Å². The highest BCUT2D eigenvalue weighted by Gasteiger charge is 2.01. The smallest absolute Gasteiger partial charge is 0.0447 e. The molecule has 1 heterocycles. The molecule has 1 rings (SSSR count). The number of hydrogen-bond acceptors (Lipinski definition) is 1. The van der Waals surface area contributed by atoms with E-state index in [-0.39, 0.29) is 0 Å². The Bertz CT molecular complexity index is 300. The third-order valence-electron chi connectivity index (χ3n) is 2.18. The fraction of sp³-hybridized carbons (Fsp3) is 0.417. The maximum absolute atomic E-state index is 4.29. The first-order chi connectivity index (χ1) is 6.29. The van der Waals surface area contributed by atoms with Crippen LogP contribution < -0.4 is 0 Å². The van der Waals surface area contributed by atoms with Gasteiger partial charge in [-0.15, -0.1) is 0 Å². The number of aryl methyl sites for hydroxylation is 1. The van der Waals surface area contributed by atoms with Gasteiger partial charge in [-0.2, -0.15) is 0 Å². The third-order valence-corrected chi connectivity index (χ3v) is 2.18. The van der Waals surface area contributed by atoms with Crippen LogP contribution in [0.4, 0.5) is 0 Å². The quantitative estimate of drug-likeness (QED) is 0.684. The van der Waals surface area contributed by atoms with Crippen molar-refractivity contribution in [3.8, 4) is 0 Å². The summed E-state index contributed by atoms with van der Waals surface area (Å²) in [5.41, 5.74) is 3.84. The Labute approximate surface area is 80.5 Å². The summed E-state index contributed by atoms with van der Waals surface area (Å²) in [5, 5.41) is 0. The van der Waals surface area contributed by atoms with Crippen molar-refractivity contribution < 1.29 is 0 Å². The Kier molecular flexibility index (Phi) is 3.69. The summed E-state index contributed by atoms with van der Waals surface area (Å²) in [6.07, 6.45) is 6.31. The second-order valence-electron chi connectivity index (χ2n) is 3.13. The minimum absolute atomic E-state index is 1.08. The molecule has 1 heteroatoms. The second-order valence-corrected chi connectivity index (χ2v) is 3.13. The SMILES string of the molecule is CC/C=C(\CC)c1cccnc1C. The van der Waals surface area contributed by atoms with Crippen LogP contribution in [0.25, 0.3) is 5.57 Å². The topological polar surface area (TPSA) is 12.9 Å². The normalized spacial score (nSPS) is 11.8. The van der Waals surface area contributed by atoms with E-state index in [1.807, 2.05) is 12.3 Å². The lowest BCUT2D eigenvalue weighted by Gasteiger charge is -2.06. The van der Waals surface area contributed by atoms with Gasteiger partial charge in [-0.3, -0.25) is 4.98 Å². The highest BCUT2D eigenvalue weighted by molar-refractivity contribution is 5.66. The van der Waals surface area contributed by atoms with Crippen molar-refractivity contribution in [2.75, 3.05) is 0 Å². The lowest BCUT2D eigenvalue weighted by molar-refractivity contribution is 1.13. The molecule has 1 nitrogen and oxygen atoms in total. The first-order valence-electron chi connectivity index (χ1n) is 4.90. The fourth-order valence-electron chi connectivity index (χ4n) is 1.51. The van der Waals surface area contributed by atoms with E-state index in [0.717, 1.165) is 18.5 Å². The summed E-state index contributed by atoms with van der Waals surface area (Å²) < 4.78 is 0. The first-order valence-corrected chi connectivity index (χ1v) is 4.90. The van der Waals surface area contributed by atoms with E-state index in [2.05, 4.69) is 37.9 Å². The van der Waals surface area contributed by atoms with Crippen molar-refractivity contribution in [2.45, 2.75) is 33.6 Å². The highest BCUT2D eigenvalue weighted by atomic mass is 14.7. The monoisotopic (exact) mass is 175 g/mol. The van der Waals surface area contributed by atoms with Gasteiger partial charge in [0.25, 0.3) is 0 Å². The molecule has 0 aromatic carbocycles. The zero-order chi connectivity index (χ0) is 9.68. The molecule has 0 bridgehead atoms. The van der Waals surface area contributed by atoms with Crippen LogP contribution in [0.5, 0.6) is 0 Å². The van der Waals surface area contributed by atoms with Gasteiger partial charge < -0.3 is 0 Å². The highest BCUT2D eigenvalue weighted by Crippen LogP contribution is 2.20. The minimum Gasteiger partial charge on any atom is -0.261 e. The molecule has 0 spiro atoms. The molecule has 0 aliphatic carbocycles. The maximum atomic E-state index is 4.29. The number of allylic oxidation sites excluding steroid dienone is 2. The molecule has 0 saturated heterocycles. The largest absolute Gasteiger partial charge is 0.261 e. The molecule has 70 valence electrons. The Morgan fingerprint density at radius 2 is 2.23 bits per heavy atom. The van der Waals surface area contributed by atoms with Crippen molar-refractivity contribution in [3.63, 3.8) is 0 Å². The molecular formula is C12H17N. The fourth-order valence-corrected chi connectivity index (χ4v) is 1.51. The zero-order valence-electron chi connectivity index (χ0n) is 8.67. The van der Waals surface area contributed by atoms with Gasteiger partial charge in [-0.1, -0.05) is 26.0 Å². The standard InChI is InChI=1S/C12H17N/c1-4-7-11(5-2)12-8-6-9-13-10(12)3/h6-9H,4-5H2,1-3H3/b11-7+. The summed E-state index contributed by atoms with van der Waals surface area (Å²) in [5.74, 6) is 0. The Morgan fingerprint density at radius 3 is 2.77 bits per heavy atom. The van der Waals surface area contributed by atoms with E-state index in [9.17, 15) is 0 Å². The minimum atomic E-state index is 1.08. The lowest BCUT2D eigenvalue weighted by Crippen LogP contribution is -1.90. The molecular weight excluding hydrogens is 158 g/mol. The number of hydrogen-bond donors (Lipinski definition) is 0. The molecule has 0 unspecified atom stereocenters. The zero-order valence-corrected chi connectivity index (χ0v) is 8.67. The average molecular weight is 175 g/mol. The van der Waals surface area contributed by atoms with Gasteiger partial charge in [-0.05, 0) is 37.0 Å². The van der Waals surface area contributed by atoms with Crippen molar-refractivity contribution >= 4 is 5.57 Å². The molecule has 0 radical (unpaired) electrons. The van der Waals surface area contributed by atoms with E-state index in [1.165, 1.54) is 11.1 Å². The van der Waals surface area contributed by atoms with E-state index < -0.39 is 0 Å². The molecule has 0 atom stereocenters. The number of rotatable bonds is 3. The van der Waals surface area contributed by atoms with E-state index in [1.54, 1.807) is 0 Å². The van der Waals surface area contributed by atoms with Crippen LogP contribution in [-0.2, 0) is 0 Å². The molecule has 0 aliphatic heterocycles. The van der Waals surface area contributed by atoms with Crippen LogP contribution in [0.3, 0.4) is 0 Å². The molecule has 1 aromatic heterocycles. The van der Waals surface area contributed by atoms with Crippen LogP contribution in [0.2, 0.25) is 0 Å². The van der Waals surface area contributed by atoms with Crippen LogP contribution in [0.1, 0.15) is 37.9 Å². The maximum Gasteiger partial charge on any atom is 0.0447 e. The summed E-state index contributed by atoms with van der Waals surface area (Å²) in [6, 6.07) is 4.15. The van der Waals surface area contributed by atoms with Crippen molar-refractivity contribution in [3.05, 3.63) is 35.7 Å². The number of nitrogens with zero attached hydrogens (tertiary/aromatic N) is 1. The molecule has 0 aliphatic rings. The molecule has 0 amide bonds. The molecule has 13 heavy (non-hydrogen) atoms.